The first-order valence-corrected chi connectivity index (χ1v) is 8.47. The van der Waals surface area contributed by atoms with Gasteiger partial charge in [-0.05, 0) is 49.2 Å². The fraction of sp³-hybridized carbons (Fsp3) is 0.333. The molecule has 1 amide bonds. The van der Waals surface area contributed by atoms with Gasteiger partial charge in [0, 0.05) is 25.0 Å². The third-order valence-corrected chi connectivity index (χ3v) is 4.44. The third-order valence-electron chi connectivity index (χ3n) is 4.21. The molecule has 3 rings (SSSR count). The lowest BCUT2D eigenvalue weighted by Crippen LogP contribution is -2.40. The predicted molar refractivity (Wildman–Crippen MR) is 96.7 cm³/mol. The van der Waals surface area contributed by atoms with Crippen molar-refractivity contribution in [3.05, 3.63) is 53.2 Å². The van der Waals surface area contributed by atoms with E-state index in [-0.39, 0.29) is 11.8 Å². The Morgan fingerprint density at radius 1 is 1.38 bits per heavy atom. The van der Waals surface area contributed by atoms with Crippen LogP contribution in [0.3, 0.4) is 0 Å². The second kappa shape index (κ2) is 7.64. The van der Waals surface area contributed by atoms with Crippen molar-refractivity contribution in [1.82, 2.24) is 9.88 Å². The average Bonchev–Trinajstić information content (AvgIpc) is 2.57. The van der Waals surface area contributed by atoms with Crippen LogP contribution in [0.4, 0.5) is 11.5 Å². The molecule has 126 valence electrons. The number of likely N-dealkylation sites (tertiary alicyclic amines) is 1. The van der Waals surface area contributed by atoms with Gasteiger partial charge in [-0.3, -0.25) is 9.69 Å². The van der Waals surface area contributed by atoms with Gasteiger partial charge in [0.05, 0.1) is 10.9 Å². The number of aromatic nitrogens is 1. The molecular formula is C18H21ClN4O. The highest BCUT2D eigenvalue weighted by molar-refractivity contribution is 6.30. The van der Waals surface area contributed by atoms with Gasteiger partial charge in [0.1, 0.15) is 5.82 Å². The van der Waals surface area contributed by atoms with Crippen molar-refractivity contribution in [2.24, 2.45) is 5.92 Å². The molecule has 2 aromatic rings. The molecule has 1 saturated heterocycles. The average molecular weight is 345 g/mol. The summed E-state index contributed by atoms with van der Waals surface area (Å²) >= 11 is 5.81. The first-order chi connectivity index (χ1) is 11.6. The van der Waals surface area contributed by atoms with Gasteiger partial charge in [-0.1, -0.05) is 23.7 Å². The molecule has 1 atom stereocenters. The molecule has 1 aliphatic heterocycles. The number of anilines is 2. The van der Waals surface area contributed by atoms with Crippen LogP contribution >= 0.6 is 11.6 Å². The Morgan fingerprint density at radius 3 is 3.00 bits per heavy atom. The van der Waals surface area contributed by atoms with Crippen LogP contribution in [-0.4, -0.2) is 28.9 Å². The fourth-order valence-corrected chi connectivity index (χ4v) is 3.15. The van der Waals surface area contributed by atoms with Gasteiger partial charge in [0.25, 0.3) is 0 Å². The van der Waals surface area contributed by atoms with Gasteiger partial charge >= 0.3 is 0 Å². The van der Waals surface area contributed by atoms with E-state index in [0.717, 1.165) is 38.2 Å². The number of pyridine rings is 1. The Hall–Kier alpha value is -2.11. The SMILES string of the molecule is Nc1cccc(CN2CCCC(C(=O)Nc3ccc(Cl)cn3)C2)c1. The second-order valence-corrected chi connectivity index (χ2v) is 6.61. The van der Waals surface area contributed by atoms with Crippen LogP contribution in [0.5, 0.6) is 0 Å². The van der Waals surface area contributed by atoms with Crippen molar-refractivity contribution in [3.8, 4) is 0 Å². The van der Waals surface area contributed by atoms with E-state index in [9.17, 15) is 4.79 Å². The van der Waals surface area contributed by atoms with Crippen LogP contribution < -0.4 is 11.1 Å². The summed E-state index contributed by atoms with van der Waals surface area (Å²) in [5.74, 6) is 0.525. The minimum Gasteiger partial charge on any atom is -0.399 e. The number of hydrogen-bond donors (Lipinski definition) is 2. The number of nitrogen functional groups attached to an aromatic ring is 1. The summed E-state index contributed by atoms with van der Waals surface area (Å²) in [4.78, 5) is 18.9. The van der Waals surface area contributed by atoms with Crippen LogP contribution in [0.2, 0.25) is 5.02 Å². The molecule has 0 saturated carbocycles. The Morgan fingerprint density at radius 2 is 2.25 bits per heavy atom. The lowest BCUT2D eigenvalue weighted by Gasteiger charge is -2.32. The van der Waals surface area contributed by atoms with Crippen molar-refractivity contribution in [1.29, 1.82) is 0 Å². The van der Waals surface area contributed by atoms with Crippen molar-refractivity contribution in [3.63, 3.8) is 0 Å². The van der Waals surface area contributed by atoms with E-state index in [0.29, 0.717) is 10.8 Å². The molecule has 0 bridgehead atoms. The zero-order chi connectivity index (χ0) is 16.9. The number of nitrogens with zero attached hydrogens (tertiary/aromatic N) is 2. The van der Waals surface area contributed by atoms with Crippen LogP contribution in [-0.2, 0) is 11.3 Å². The molecule has 0 radical (unpaired) electrons. The smallest absolute Gasteiger partial charge is 0.229 e. The number of carbonyl (C=O) groups excluding carboxylic acids is 1. The molecule has 6 heteroatoms. The molecule has 1 fully saturated rings. The monoisotopic (exact) mass is 344 g/mol. The number of nitrogens with one attached hydrogen (secondary N) is 1. The van der Waals surface area contributed by atoms with Crippen LogP contribution in [0.1, 0.15) is 18.4 Å². The minimum absolute atomic E-state index is 0.0158. The highest BCUT2D eigenvalue weighted by atomic mass is 35.5. The lowest BCUT2D eigenvalue weighted by molar-refractivity contribution is -0.121. The Balaban J connectivity index is 1.58. The molecule has 1 aromatic carbocycles. The van der Waals surface area contributed by atoms with Gasteiger partial charge in [0.15, 0.2) is 0 Å². The Labute approximate surface area is 146 Å². The molecule has 0 aliphatic carbocycles. The summed E-state index contributed by atoms with van der Waals surface area (Å²) in [5, 5.41) is 3.43. The number of carbonyl (C=O) groups is 1. The predicted octanol–water partition coefficient (Wildman–Crippen LogP) is 3.17. The number of amides is 1. The van der Waals surface area contributed by atoms with Crippen molar-refractivity contribution in [2.45, 2.75) is 19.4 Å². The minimum atomic E-state index is -0.0303. The van der Waals surface area contributed by atoms with E-state index in [1.165, 1.54) is 11.8 Å². The summed E-state index contributed by atoms with van der Waals surface area (Å²) in [6.45, 7) is 2.56. The first-order valence-electron chi connectivity index (χ1n) is 8.09. The quantitative estimate of drug-likeness (QED) is 0.836. The molecule has 1 aliphatic rings. The summed E-state index contributed by atoms with van der Waals surface area (Å²) in [6, 6.07) is 11.3. The van der Waals surface area contributed by atoms with E-state index >= 15 is 0 Å². The molecule has 3 N–H and O–H groups in total. The fourth-order valence-electron chi connectivity index (χ4n) is 3.04. The van der Waals surface area contributed by atoms with Crippen LogP contribution in [0.15, 0.2) is 42.6 Å². The summed E-state index contributed by atoms with van der Waals surface area (Å²) in [7, 11) is 0. The van der Waals surface area contributed by atoms with Gasteiger partial charge in [0.2, 0.25) is 5.91 Å². The Kier molecular flexibility index (Phi) is 5.33. The number of benzene rings is 1. The summed E-state index contributed by atoms with van der Waals surface area (Å²) < 4.78 is 0. The van der Waals surface area contributed by atoms with Gasteiger partial charge in [-0.2, -0.15) is 0 Å². The summed E-state index contributed by atoms with van der Waals surface area (Å²) in [5.41, 5.74) is 7.78. The zero-order valence-electron chi connectivity index (χ0n) is 13.4. The first kappa shape index (κ1) is 16.7. The van der Waals surface area contributed by atoms with Crippen molar-refractivity contribution < 1.29 is 4.79 Å². The van der Waals surface area contributed by atoms with Gasteiger partial charge in [-0.15, -0.1) is 0 Å². The highest BCUT2D eigenvalue weighted by Gasteiger charge is 2.26. The van der Waals surface area contributed by atoms with Crippen LogP contribution in [0.25, 0.3) is 0 Å². The zero-order valence-corrected chi connectivity index (χ0v) is 14.2. The molecule has 1 aromatic heterocycles. The number of halogens is 1. The maximum Gasteiger partial charge on any atom is 0.229 e. The topological polar surface area (TPSA) is 71.2 Å². The van der Waals surface area contributed by atoms with E-state index in [2.05, 4.69) is 21.3 Å². The lowest BCUT2D eigenvalue weighted by atomic mass is 9.96. The summed E-state index contributed by atoms with van der Waals surface area (Å²) in [6.07, 6.45) is 3.44. The normalized spacial score (nSPS) is 18.3. The maximum absolute atomic E-state index is 12.5. The largest absolute Gasteiger partial charge is 0.399 e. The van der Waals surface area contributed by atoms with Gasteiger partial charge < -0.3 is 11.1 Å². The van der Waals surface area contributed by atoms with E-state index in [1.807, 2.05) is 18.2 Å². The molecule has 0 spiro atoms. The maximum atomic E-state index is 12.5. The number of piperidine rings is 1. The molecule has 2 heterocycles. The number of nitrogens with two attached hydrogens (primary N) is 1. The standard InChI is InChI=1S/C18H21ClN4O/c19-15-6-7-17(21-10-15)22-18(24)14-4-2-8-23(12-14)11-13-3-1-5-16(20)9-13/h1,3,5-7,9-10,14H,2,4,8,11-12,20H2,(H,21,22,24). The highest BCUT2D eigenvalue weighted by Crippen LogP contribution is 2.21. The molecule has 5 nitrogen and oxygen atoms in total. The third kappa shape index (κ3) is 4.46. The molecule has 1 unspecified atom stereocenters. The number of hydrogen-bond acceptors (Lipinski definition) is 4. The van der Waals surface area contributed by atoms with Crippen molar-refractivity contribution >= 4 is 29.0 Å². The number of rotatable bonds is 4. The van der Waals surface area contributed by atoms with E-state index in [1.54, 1.807) is 12.1 Å². The Bertz CT molecular complexity index is 704. The van der Waals surface area contributed by atoms with Crippen molar-refractivity contribution in [2.75, 3.05) is 24.1 Å². The van der Waals surface area contributed by atoms with E-state index < -0.39 is 0 Å². The van der Waals surface area contributed by atoms with E-state index in [4.69, 9.17) is 17.3 Å². The molecular weight excluding hydrogens is 324 g/mol. The van der Waals surface area contributed by atoms with Gasteiger partial charge in [-0.25, -0.2) is 4.98 Å². The van der Waals surface area contributed by atoms with Crippen LogP contribution in [0, 0.1) is 5.92 Å². The second-order valence-electron chi connectivity index (χ2n) is 6.17. The molecule has 24 heavy (non-hydrogen) atoms.